The first-order chi connectivity index (χ1) is 12.1. The summed E-state index contributed by atoms with van der Waals surface area (Å²) in [4.78, 5) is 23.9. The third-order valence-electron chi connectivity index (χ3n) is 3.82. The van der Waals surface area contributed by atoms with Gasteiger partial charge < -0.3 is 9.47 Å². The maximum absolute atomic E-state index is 12.5. The van der Waals surface area contributed by atoms with Gasteiger partial charge in [0.1, 0.15) is 0 Å². The Labute approximate surface area is 154 Å². The third-order valence-corrected chi connectivity index (χ3v) is 5.74. The maximum Gasteiger partial charge on any atom is 0.306 e. The Hall–Kier alpha value is -1.77. The molecule has 0 unspecified atom stereocenters. The normalized spacial score (nSPS) is 16.3. The maximum atomic E-state index is 12.5. The van der Waals surface area contributed by atoms with E-state index in [4.69, 9.17) is 9.47 Å². The van der Waals surface area contributed by atoms with Crippen LogP contribution in [0.3, 0.4) is 0 Å². The lowest BCUT2D eigenvalue weighted by molar-refractivity contribution is -0.144. The van der Waals surface area contributed by atoms with E-state index in [0.29, 0.717) is 31.9 Å². The molecule has 1 saturated heterocycles. The molecule has 1 fully saturated rings. The molecule has 0 atom stereocenters. The minimum absolute atomic E-state index is 0.126. The number of benzene rings is 1. The summed E-state index contributed by atoms with van der Waals surface area (Å²) in [6.45, 7) is 6.73. The van der Waals surface area contributed by atoms with Gasteiger partial charge in [0, 0.05) is 18.7 Å². The van der Waals surface area contributed by atoms with Crippen LogP contribution in [0.2, 0.25) is 0 Å². The van der Waals surface area contributed by atoms with Gasteiger partial charge >= 0.3 is 5.97 Å². The summed E-state index contributed by atoms with van der Waals surface area (Å²) >= 11 is 0. The standard InChI is InChI=1S/C18H25NO6S/c1-18(2,3)12-17(21)25-13-16(20)14-4-6-15(7-5-14)26(22,23)19-8-10-24-11-9-19/h4-7H,8-13H2,1-3H3. The highest BCUT2D eigenvalue weighted by atomic mass is 32.2. The molecule has 8 heteroatoms. The van der Waals surface area contributed by atoms with E-state index in [-0.39, 0.29) is 29.1 Å². The summed E-state index contributed by atoms with van der Waals surface area (Å²) in [5.41, 5.74) is 0.0878. The molecule has 7 nitrogen and oxygen atoms in total. The Morgan fingerprint density at radius 2 is 1.69 bits per heavy atom. The first-order valence-corrected chi connectivity index (χ1v) is 9.90. The van der Waals surface area contributed by atoms with E-state index in [9.17, 15) is 18.0 Å². The molecule has 0 aromatic heterocycles. The predicted molar refractivity (Wildman–Crippen MR) is 95.4 cm³/mol. The number of ketones is 1. The molecule has 1 aromatic rings. The van der Waals surface area contributed by atoms with Crippen LogP contribution in [-0.4, -0.2) is 57.4 Å². The molecule has 0 bridgehead atoms. The number of Topliss-reactive ketones (excluding diaryl/α,β-unsaturated/α-hetero) is 1. The molecule has 1 aromatic carbocycles. The SMILES string of the molecule is CC(C)(C)CC(=O)OCC(=O)c1ccc(S(=O)(=O)N2CCOCC2)cc1. The lowest BCUT2D eigenvalue weighted by Gasteiger charge is -2.26. The van der Waals surface area contributed by atoms with Crippen molar-refractivity contribution in [2.75, 3.05) is 32.9 Å². The van der Waals surface area contributed by atoms with Crippen molar-refractivity contribution < 1.29 is 27.5 Å². The zero-order valence-electron chi connectivity index (χ0n) is 15.4. The molecule has 2 rings (SSSR count). The van der Waals surface area contributed by atoms with Crippen molar-refractivity contribution in [1.82, 2.24) is 4.31 Å². The molecule has 1 aliphatic rings. The number of carbonyl (C=O) groups excluding carboxylic acids is 2. The van der Waals surface area contributed by atoms with E-state index >= 15 is 0 Å². The smallest absolute Gasteiger partial charge is 0.306 e. The first-order valence-electron chi connectivity index (χ1n) is 8.46. The number of sulfonamides is 1. The van der Waals surface area contributed by atoms with Gasteiger partial charge in [-0.15, -0.1) is 0 Å². The van der Waals surface area contributed by atoms with Crippen molar-refractivity contribution in [2.45, 2.75) is 32.1 Å². The van der Waals surface area contributed by atoms with Crippen LogP contribution in [-0.2, 0) is 24.3 Å². The van der Waals surface area contributed by atoms with Gasteiger partial charge in [-0.3, -0.25) is 9.59 Å². The molecule has 144 valence electrons. The second-order valence-electron chi connectivity index (χ2n) is 7.36. The van der Waals surface area contributed by atoms with Gasteiger partial charge in [0.2, 0.25) is 10.0 Å². The zero-order valence-corrected chi connectivity index (χ0v) is 16.2. The monoisotopic (exact) mass is 383 g/mol. The fraction of sp³-hybridized carbons (Fsp3) is 0.556. The number of carbonyl (C=O) groups is 2. The van der Waals surface area contributed by atoms with E-state index in [2.05, 4.69) is 0 Å². The van der Waals surface area contributed by atoms with Crippen LogP contribution < -0.4 is 0 Å². The number of nitrogens with zero attached hydrogens (tertiary/aromatic N) is 1. The Morgan fingerprint density at radius 1 is 1.12 bits per heavy atom. The fourth-order valence-corrected chi connectivity index (χ4v) is 3.87. The fourth-order valence-electron chi connectivity index (χ4n) is 2.46. The summed E-state index contributed by atoms with van der Waals surface area (Å²) in [7, 11) is -3.59. The number of ether oxygens (including phenoxy) is 2. The number of rotatable bonds is 6. The van der Waals surface area contributed by atoms with Crippen molar-refractivity contribution >= 4 is 21.8 Å². The van der Waals surface area contributed by atoms with Crippen LogP contribution in [0, 0.1) is 5.41 Å². The minimum atomic E-state index is -3.59. The molecule has 26 heavy (non-hydrogen) atoms. The van der Waals surface area contributed by atoms with E-state index in [1.165, 1.54) is 28.6 Å². The van der Waals surface area contributed by atoms with Crippen LogP contribution >= 0.6 is 0 Å². The predicted octanol–water partition coefficient (Wildman–Crippen LogP) is 1.87. The molecule has 0 aliphatic carbocycles. The molecule has 0 spiro atoms. The molecule has 0 N–H and O–H groups in total. The largest absolute Gasteiger partial charge is 0.457 e. The van der Waals surface area contributed by atoms with Crippen LogP contribution in [0.4, 0.5) is 0 Å². The van der Waals surface area contributed by atoms with Gasteiger partial charge in [-0.1, -0.05) is 20.8 Å². The van der Waals surface area contributed by atoms with Gasteiger partial charge in [-0.05, 0) is 29.7 Å². The highest BCUT2D eigenvalue weighted by Crippen LogP contribution is 2.20. The summed E-state index contributed by atoms with van der Waals surface area (Å²) in [6, 6.07) is 5.67. The lowest BCUT2D eigenvalue weighted by Crippen LogP contribution is -2.40. The van der Waals surface area contributed by atoms with Gasteiger partial charge in [0.25, 0.3) is 0 Å². The number of hydrogen-bond acceptors (Lipinski definition) is 6. The summed E-state index contributed by atoms with van der Waals surface area (Å²) in [5, 5.41) is 0. The van der Waals surface area contributed by atoms with E-state index in [1.54, 1.807) is 0 Å². The summed E-state index contributed by atoms with van der Waals surface area (Å²) in [6.07, 6.45) is 0.219. The highest BCUT2D eigenvalue weighted by molar-refractivity contribution is 7.89. The van der Waals surface area contributed by atoms with Crippen LogP contribution in [0.5, 0.6) is 0 Å². The average molecular weight is 383 g/mol. The number of esters is 1. The molecule has 0 amide bonds. The Morgan fingerprint density at radius 3 is 2.23 bits per heavy atom. The lowest BCUT2D eigenvalue weighted by atomic mass is 9.92. The molecule has 0 radical (unpaired) electrons. The van der Waals surface area contributed by atoms with E-state index < -0.39 is 16.0 Å². The first kappa shape index (κ1) is 20.5. The Bertz CT molecular complexity index is 743. The zero-order chi connectivity index (χ0) is 19.4. The quantitative estimate of drug-likeness (QED) is 0.550. The van der Waals surface area contributed by atoms with E-state index in [0.717, 1.165) is 0 Å². The topological polar surface area (TPSA) is 90.0 Å². The second-order valence-corrected chi connectivity index (χ2v) is 9.30. The van der Waals surface area contributed by atoms with Crippen molar-refractivity contribution in [3.63, 3.8) is 0 Å². The van der Waals surface area contributed by atoms with Crippen LogP contribution in [0.1, 0.15) is 37.6 Å². The van der Waals surface area contributed by atoms with Gasteiger partial charge in [0.15, 0.2) is 12.4 Å². The molecular weight excluding hydrogens is 358 g/mol. The van der Waals surface area contributed by atoms with Crippen LogP contribution in [0.25, 0.3) is 0 Å². The third kappa shape index (κ3) is 5.62. The van der Waals surface area contributed by atoms with Crippen molar-refractivity contribution in [3.8, 4) is 0 Å². The average Bonchev–Trinajstić information content (AvgIpc) is 2.59. The summed E-state index contributed by atoms with van der Waals surface area (Å²) in [5.74, 6) is -0.806. The molecule has 0 saturated carbocycles. The summed E-state index contributed by atoms with van der Waals surface area (Å²) < 4.78 is 36.6. The Balaban J connectivity index is 1.98. The minimum Gasteiger partial charge on any atom is -0.457 e. The molecular formula is C18H25NO6S. The molecule has 1 heterocycles. The van der Waals surface area contributed by atoms with Gasteiger partial charge in [-0.2, -0.15) is 4.31 Å². The van der Waals surface area contributed by atoms with Crippen LogP contribution in [0.15, 0.2) is 29.2 Å². The number of morpholine rings is 1. The number of hydrogen-bond donors (Lipinski definition) is 0. The Kier molecular flexibility index (Phi) is 6.54. The van der Waals surface area contributed by atoms with E-state index in [1.807, 2.05) is 20.8 Å². The highest BCUT2D eigenvalue weighted by Gasteiger charge is 2.26. The van der Waals surface area contributed by atoms with Gasteiger partial charge in [0.05, 0.1) is 24.5 Å². The molecule has 1 aliphatic heterocycles. The van der Waals surface area contributed by atoms with Crippen molar-refractivity contribution in [2.24, 2.45) is 5.41 Å². The van der Waals surface area contributed by atoms with Gasteiger partial charge in [-0.25, -0.2) is 8.42 Å². The second kappa shape index (κ2) is 8.28. The van der Waals surface area contributed by atoms with Crippen molar-refractivity contribution in [1.29, 1.82) is 0 Å². The van der Waals surface area contributed by atoms with Crippen molar-refractivity contribution in [3.05, 3.63) is 29.8 Å².